The zero-order valence-electron chi connectivity index (χ0n) is 29.8. The average Bonchev–Trinajstić information content (AvgIpc) is 3.59. The van der Waals surface area contributed by atoms with Crippen molar-refractivity contribution in [2.75, 3.05) is 34.2 Å². The van der Waals surface area contributed by atoms with Gasteiger partial charge in [-0.3, -0.25) is 28.8 Å². The summed E-state index contributed by atoms with van der Waals surface area (Å²) in [5.41, 5.74) is 1.45. The maximum Gasteiger partial charge on any atom is 0.246 e. The minimum Gasteiger partial charge on any atom is -0.508 e. The second-order valence-corrected chi connectivity index (χ2v) is 13.8. The SMILES string of the molecule is CC(C)C[C@H]1C(=O)N2CCC[C@H]2C(=O)N[C@@H](Cc2ccc(O)cc2)C(=O)N(C)[C@H](C)C(=O)N(C)CC(=O)N[C@H](Cc2ccccc2)C(=O)N1C. The largest absolute Gasteiger partial charge is 0.508 e. The van der Waals surface area contributed by atoms with Crippen molar-refractivity contribution in [3.05, 3.63) is 65.7 Å². The van der Waals surface area contributed by atoms with E-state index in [1.807, 2.05) is 44.2 Å². The molecule has 270 valence electrons. The van der Waals surface area contributed by atoms with Crippen LogP contribution in [0.25, 0.3) is 0 Å². The number of hydrogen-bond acceptors (Lipinski definition) is 7. The number of likely N-dealkylation sites (N-methyl/N-ethyl adjacent to an activating group) is 3. The zero-order valence-corrected chi connectivity index (χ0v) is 29.8. The molecular formula is C37H50N6O7. The van der Waals surface area contributed by atoms with Gasteiger partial charge in [-0.2, -0.15) is 0 Å². The molecule has 13 nitrogen and oxygen atoms in total. The number of nitrogens with one attached hydrogen (secondary N) is 2. The number of nitrogens with zero attached hydrogens (tertiary/aromatic N) is 4. The lowest BCUT2D eigenvalue weighted by molar-refractivity contribution is -0.150. The molecule has 0 spiro atoms. The molecule has 0 bridgehead atoms. The van der Waals surface area contributed by atoms with E-state index in [2.05, 4.69) is 10.6 Å². The summed E-state index contributed by atoms with van der Waals surface area (Å²) in [6, 6.07) is 10.5. The number of aromatic hydroxyl groups is 1. The third-order valence-electron chi connectivity index (χ3n) is 9.58. The number of rotatable bonds is 6. The highest BCUT2D eigenvalue weighted by molar-refractivity contribution is 5.97. The highest BCUT2D eigenvalue weighted by atomic mass is 16.3. The van der Waals surface area contributed by atoms with E-state index in [4.69, 9.17) is 0 Å². The van der Waals surface area contributed by atoms with Crippen molar-refractivity contribution in [1.82, 2.24) is 30.2 Å². The molecule has 2 fully saturated rings. The van der Waals surface area contributed by atoms with E-state index >= 15 is 0 Å². The summed E-state index contributed by atoms with van der Waals surface area (Å²) in [7, 11) is 4.44. The fraction of sp³-hybridized carbons (Fsp3) is 0.514. The fourth-order valence-electron chi connectivity index (χ4n) is 6.61. The molecule has 0 aromatic heterocycles. The normalized spacial score (nSPS) is 25.0. The lowest BCUT2D eigenvalue weighted by Crippen LogP contribution is -2.60. The van der Waals surface area contributed by atoms with Crippen molar-refractivity contribution in [2.45, 2.75) is 83.1 Å². The molecule has 3 N–H and O–H groups in total. The Bertz CT molecular complexity index is 1550. The van der Waals surface area contributed by atoms with Crippen molar-refractivity contribution in [3.8, 4) is 5.75 Å². The van der Waals surface area contributed by atoms with E-state index in [0.717, 1.165) is 5.56 Å². The summed E-state index contributed by atoms with van der Waals surface area (Å²) in [5.74, 6) is -2.92. The first kappa shape index (κ1) is 37.9. The number of amides is 6. The van der Waals surface area contributed by atoms with Gasteiger partial charge in [0.05, 0.1) is 6.54 Å². The van der Waals surface area contributed by atoms with Crippen molar-refractivity contribution in [3.63, 3.8) is 0 Å². The van der Waals surface area contributed by atoms with Crippen LogP contribution in [-0.2, 0) is 41.6 Å². The molecule has 0 unspecified atom stereocenters. The first-order valence-electron chi connectivity index (χ1n) is 17.2. The number of phenolic OH excluding ortho intramolecular Hbond substituents is 1. The van der Waals surface area contributed by atoms with E-state index in [-0.39, 0.29) is 37.0 Å². The summed E-state index contributed by atoms with van der Waals surface area (Å²) in [5, 5.41) is 15.5. The van der Waals surface area contributed by atoms with Gasteiger partial charge < -0.3 is 35.3 Å². The third kappa shape index (κ3) is 9.19. The van der Waals surface area contributed by atoms with Crippen molar-refractivity contribution >= 4 is 35.4 Å². The summed E-state index contributed by atoms with van der Waals surface area (Å²) < 4.78 is 0. The maximum atomic E-state index is 14.4. The Morgan fingerprint density at radius 1 is 0.760 bits per heavy atom. The molecule has 2 aliphatic heterocycles. The molecule has 2 aromatic rings. The predicted molar refractivity (Wildman–Crippen MR) is 186 cm³/mol. The highest BCUT2D eigenvalue weighted by Crippen LogP contribution is 2.24. The Kier molecular flexibility index (Phi) is 12.6. The van der Waals surface area contributed by atoms with Crippen LogP contribution in [-0.4, -0.2) is 125 Å². The molecule has 0 saturated carbocycles. The van der Waals surface area contributed by atoms with Gasteiger partial charge in [0.2, 0.25) is 35.4 Å². The van der Waals surface area contributed by atoms with E-state index in [0.29, 0.717) is 31.4 Å². The lowest BCUT2D eigenvalue weighted by atomic mass is 9.98. The van der Waals surface area contributed by atoms with Crippen LogP contribution in [0.15, 0.2) is 54.6 Å². The molecule has 50 heavy (non-hydrogen) atoms. The Morgan fingerprint density at radius 3 is 1.96 bits per heavy atom. The molecule has 5 atom stereocenters. The number of carbonyl (C=O) groups is 6. The van der Waals surface area contributed by atoms with Crippen LogP contribution in [0.2, 0.25) is 0 Å². The monoisotopic (exact) mass is 690 g/mol. The van der Waals surface area contributed by atoms with Gasteiger partial charge >= 0.3 is 0 Å². The molecular weight excluding hydrogens is 640 g/mol. The van der Waals surface area contributed by atoms with E-state index < -0.39 is 59.7 Å². The molecule has 0 aliphatic carbocycles. The van der Waals surface area contributed by atoms with Gasteiger partial charge in [-0.15, -0.1) is 0 Å². The van der Waals surface area contributed by atoms with E-state index in [1.54, 1.807) is 19.2 Å². The zero-order chi connectivity index (χ0) is 36.7. The Morgan fingerprint density at radius 2 is 1.34 bits per heavy atom. The molecule has 13 heteroatoms. The van der Waals surface area contributed by atoms with E-state index in [9.17, 15) is 33.9 Å². The van der Waals surface area contributed by atoms with Crippen molar-refractivity contribution < 1.29 is 33.9 Å². The van der Waals surface area contributed by atoms with Crippen LogP contribution in [0, 0.1) is 5.92 Å². The van der Waals surface area contributed by atoms with Crippen LogP contribution in [0.3, 0.4) is 0 Å². The standard InChI is InChI=1S/C37H50N6O7/c1-23(2)19-31-37(50)43-18-10-13-30(43)33(46)39-29(21-26-14-16-27(44)17-15-26)35(48)41(5)24(3)34(47)40(4)22-32(45)38-28(36(49)42(31)6)20-25-11-8-7-9-12-25/h7-9,11-12,14-17,23-24,28-31,44H,10,13,18-22H2,1-6H3,(H,38,45)(H,39,46)/t24-,28-,29+,30+,31+/m1/s1. The number of carbonyl (C=O) groups excluding carboxylic acids is 6. The second kappa shape index (κ2) is 16.6. The average molecular weight is 691 g/mol. The predicted octanol–water partition coefficient (Wildman–Crippen LogP) is 1.33. The maximum absolute atomic E-state index is 14.4. The quantitative estimate of drug-likeness (QED) is 0.413. The highest BCUT2D eigenvalue weighted by Gasteiger charge is 2.42. The van der Waals surface area contributed by atoms with Gasteiger partial charge in [-0.1, -0.05) is 56.3 Å². The summed E-state index contributed by atoms with van der Waals surface area (Å²) in [6.45, 7) is 5.34. The topological polar surface area (TPSA) is 160 Å². The summed E-state index contributed by atoms with van der Waals surface area (Å²) >= 11 is 0. The second-order valence-electron chi connectivity index (χ2n) is 13.8. The Labute approximate surface area is 294 Å². The van der Waals surface area contributed by atoms with E-state index in [1.165, 1.54) is 52.8 Å². The van der Waals surface area contributed by atoms with Gasteiger partial charge in [-0.05, 0) is 55.4 Å². The molecule has 4 rings (SSSR count). The van der Waals surface area contributed by atoms with Gasteiger partial charge in [-0.25, -0.2) is 0 Å². The van der Waals surface area contributed by atoms with Crippen LogP contribution in [0.5, 0.6) is 5.75 Å². The van der Waals surface area contributed by atoms with Gasteiger partial charge in [0.25, 0.3) is 0 Å². The van der Waals surface area contributed by atoms with Crippen molar-refractivity contribution in [1.29, 1.82) is 0 Å². The van der Waals surface area contributed by atoms with Crippen LogP contribution >= 0.6 is 0 Å². The summed E-state index contributed by atoms with van der Waals surface area (Å²) in [6.07, 6.45) is 1.45. The molecule has 2 aromatic carbocycles. The number of fused-ring (bicyclic) bond motifs is 1. The van der Waals surface area contributed by atoms with Crippen molar-refractivity contribution in [2.24, 2.45) is 5.92 Å². The van der Waals surface area contributed by atoms with Crippen LogP contribution in [0.1, 0.15) is 51.2 Å². The van der Waals surface area contributed by atoms with Crippen LogP contribution < -0.4 is 10.6 Å². The van der Waals surface area contributed by atoms with Gasteiger partial charge in [0.15, 0.2) is 0 Å². The lowest BCUT2D eigenvalue weighted by Gasteiger charge is -2.36. The number of hydrogen-bond donors (Lipinski definition) is 3. The number of phenols is 1. The third-order valence-corrected chi connectivity index (χ3v) is 9.58. The first-order valence-corrected chi connectivity index (χ1v) is 17.2. The number of benzene rings is 2. The molecule has 2 heterocycles. The molecule has 6 amide bonds. The van der Waals surface area contributed by atoms with Crippen LogP contribution in [0.4, 0.5) is 0 Å². The molecule has 0 radical (unpaired) electrons. The summed E-state index contributed by atoms with van der Waals surface area (Å²) in [4.78, 5) is 88.8. The Balaban J connectivity index is 1.74. The minimum absolute atomic E-state index is 0.0126. The van der Waals surface area contributed by atoms with Gasteiger partial charge in [0.1, 0.15) is 36.0 Å². The minimum atomic E-state index is -1.10. The molecule has 2 aliphatic rings. The molecule has 2 saturated heterocycles. The smallest absolute Gasteiger partial charge is 0.246 e. The van der Waals surface area contributed by atoms with Gasteiger partial charge in [0, 0.05) is 40.5 Å². The fourth-order valence-corrected chi connectivity index (χ4v) is 6.61. The first-order chi connectivity index (χ1) is 23.7. The Hall–Kier alpha value is -4.94.